The van der Waals surface area contributed by atoms with Gasteiger partial charge in [-0.15, -0.1) is 0 Å². The van der Waals surface area contributed by atoms with Gasteiger partial charge in [-0.05, 0) is 12.1 Å². The topological polar surface area (TPSA) is 96.4 Å². The van der Waals surface area contributed by atoms with E-state index in [1.807, 2.05) is 0 Å². The van der Waals surface area contributed by atoms with Crippen molar-refractivity contribution in [2.24, 2.45) is 0 Å². The number of carbonyl (C=O) groups is 1. The maximum absolute atomic E-state index is 11.4. The van der Waals surface area contributed by atoms with E-state index in [9.17, 15) is 17.8 Å². The Kier molecular flexibility index (Phi) is 3.02. The van der Waals surface area contributed by atoms with Gasteiger partial charge in [-0.1, -0.05) is 6.07 Å². The Labute approximate surface area is 103 Å². The molecule has 1 heterocycles. The SMILES string of the molecule is CC(=O)Nc1ccc2cnccc2c1S(=O)(=O)O. The summed E-state index contributed by atoms with van der Waals surface area (Å²) in [6.45, 7) is 1.25. The van der Waals surface area contributed by atoms with Crippen LogP contribution >= 0.6 is 0 Å². The van der Waals surface area contributed by atoms with Gasteiger partial charge in [0.05, 0.1) is 5.69 Å². The fourth-order valence-electron chi connectivity index (χ4n) is 1.71. The summed E-state index contributed by atoms with van der Waals surface area (Å²) in [6, 6.07) is 4.49. The molecule has 0 bridgehead atoms. The second kappa shape index (κ2) is 4.35. The van der Waals surface area contributed by atoms with Crippen molar-refractivity contribution in [1.82, 2.24) is 4.98 Å². The minimum absolute atomic E-state index is 0.0451. The molecule has 94 valence electrons. The molecule has 1 aromatic carbocycles. The predicted octanol–water partition coefficient (Wildman–Crippen LogP) is 1.44. The van der Waals surface area contributed by atoms with E-state index in [1.54, 1.807) is 6.07 Å². The van der Waals surface area contributed by atoms with Gasteiger partial charge in [-0.3, -0.25) is 14.3 Å². The second-order valence-corrected chi connectivity index (χ2v) is 5.05. The summed E-state index contributed by atoms with van der Waals surface area (Å²) in [5.74, 6) is -0.423. The molecule has 0 saturated heterocycles. The number of rotatable bonds is 2. The van der Waals surface area contributed by atoms with E-state index in [2.05, 4.69) is 10.3 Å². The van der Waals surface area contributed by atoms with Crippen molar-refractivity contribution in [3.8, 4) is 0 Å². The number of nitrogens with zero attached hydrogens (tertiary/aromatic N) is 1. The molecule has 18 heavy (non-hydrogen) atoms. The van der Waals surface area contributed by atoms with Gasteiger partial charge in [0.2, 0.25) is 5.91 Å². The summed E-state index contributed by atoms with van der Waals surface area (Å²) in [7, 11) is -4.45. The van der Waals surface area contributed by atoms with Gasteiger partial charge in [-0.25, -0.2) is 0 Å². The minimum atomic E-state index is -4.45. The molecule has 7 heteroatoms. The largest absolute Gasteiger partial charge is 0.325 e. The smallest absolute Gasteiger partial charge is 0.297 e. The number of pyridine rings is 1. The summed E-state index contributed by atoms with van der Waals surface area (Å²) in [5.41, 5.74) is 0.0451. The zero-order chi connectivity index (χ0) is 13.3. The highest BCUT2D eigenvalue weighted by molar-refractivity contribution is 7.86. The van der Waals surface area contributed by atoms with Crippen molar-refractivity contribution in [3.63, 3.8) is 0 Å². The molecule has 6 nitrogen and oxygen atoms in total. The van der Waals surface area contributed by atoms with Crippen LogP contribution in [0.1, 0.15) is 6.92 Å². The molecule has 0 spiro atoms. The van der Waals surface area contributed by atoms with Crippen LogP contribution in [0.15, 0.2) is 35.5 Å². The van der Waals surface area contributed by atoms with Crippen molar-refractivity contribution < 1.29 is 17.8 Å². The molecule has 0 atom stereocenters. The summed E-state index contributed by atoms with van der Waals surface area (Å²) < 4.78 is 32.1. The first kappa shape index (κ1) is 12.5. The fraction of sp³-hybridized carbons (Fsp3) is 0.0909. The summed E-state index contributed by atoms with van der Waals surface area (Å²) in [4.78, 5) is 14.6. The third-order valence-corrected chi connectivity index (χ3v) is 3.30. The molecule has 1 amide bonds. The molecule has 2 N–H and O–H groups in total. The Morgan fingerprint density at radius 2 is 2.06 bits per heavy atom. The lowest BCUT2D eigenvalue weighted by atomic mass is 10.1. The summed E-state index contributed by atoms with van der Waals surface area (Å²) in [5, 5.41) is 3.23. The van der Waals surface area contributed by atoms with Crippen LogP contribution in [0.25, 0.3) is 10.8 Å². The van der Waals surface area contributed by atoms with Crippen LogP contribution in [0.5, 0.6) is 0 Å². The van der Waals surface area contributed by atoms with Crippen molar-refractivity contribution in [1.29, 1.82) is 0 Å². The van der Waals surface area contributed by atoms with Crippen LogP contribution < -0.4 is 5.32 Å². The highest BCUT2D eigenvalue weighted by Gasteiger charge is 2.19. The molecule has 2 rings (SSSR count). The average molecular weight is 266 g/mol. The molecule has 0 aliphatic heterocycles. The van der Waals surface area contributed by atoms with Crippen LogP contribution in [0.3, 0.4) is 0 Å². The Hall–Kier alpha value is -1.99. The van der Waals surface area contributed by atoms with Crippen molar-refractivity contribution in [3.05, 3.63) is 30.6 Å². The lowest BCUT2D eigenvalue weighted by molar-refractivity contribution is -0.114. The molecular formula is C11H10N2O4S. The number of hydrogen-bond donors (Lipinski definition) is 2. The number of anilines is 1. The number of amides is 1. The van der Waals surface area contributed by atoms with Crippen LogP contribution in [0.2, 0.25) is 0 Å². The Bertz CT molecular complexity index is 725. The minimum Gasteiger partial charge on any atom is -0.325 e. The van der Waals surface area contributed by atoms with Crippen molar-refractivity contribution in [2.75, 3.05) is 5.32 Å². The summed E-state index contributed by atoms with van der Waals surface area (Å²) >= 11 is 0. The van der Waals surface area contributed by atoms with Crippen LogP contribution in [-0.2, 0) is 14.9 Å². The highest BCUT2D eigenvalue weighted by Crippen LogP contribution is 2.29. The third kappa shape index (κ3) is 2.31. The first-order valence-electron chi connectivity index (χ1n) is 5.01. The summed E-state index contributed by atoms with van der Waals surface area (Å²) in [6.07, 6.45) is 2.89. The van der Waals surface area contributed by atoms with Gasteiger partial charge >= 0.3 is 0 Å². The predicted molar refractivity (Wildman–Crippen MR) is 65.9 cm³/mol. The van der Waals surface area contributed by atoms with E-state index < -0.39 is 16.0 Å². The molecule has 0 saturated carbocycles. The fourth-order valence-corrected chi connectivity index (χ4v) is 2.57. The second-order valence-electron chi connectivity index (χ2n) is 3.70. The Balaban J connectivity index is 2.84. The molecule has 2 aromatic rings. The lowest BCUT2D eigenvalue weighted by Gasteiger charge is -2.10. The number of benzene rings is 1. The number of nitrogens with one attached hydrogen (secondary N) is 1. The van der Waals surface area contributed by atoms with E-state index in [0.717, 1.165) is 0 Å². The maximum atomic E-state index is 11.4. The zero-order valence-corrected chi connectivity index (χ0v) is 10.2. The van der Waals surface area contributed by atoms with Crippen molar-refractivity contribution in [2.45, 2.75) is 11.8 Å². The number of carbonyl (C=O) groups excluding carboxylic acids is 1. The quantitative estimate of drug-likeness (QED) is 0.802. The molecule has 0 aliphatic carbocycles. The highest BCUT2D eigenvalue weighted by atomic mass is 32.2. The maximum Gasteiger partial charge on any atom is 0.297 e. The van der Waals surface area contributed by atoms with E-state index in [-0.39, 0.29) is 10.6 Å². The molecule has 0 unspecified atom stereocenters. The lowest BCUT2D eigenvalue weighted by Crippen LogP contribution is -2.11. The molecule has 0 radical (unpaired) electrons. The van der Waals surface area contributed by atoms with Crippen molar-refractivity contribution >= 4 is 32.5 Å². The number of hydrogen-bond acceptors (Lipinski definition) is 4. The Morgan fingerprint density at radius 1 is 1.33 bits per heavy atom. The zero-order valence-electron chi connectivity index (χ0n) is 9.41. The first-order chi connectivity index (χ1) is 8.39. The van der Waals surface area contributed by atoms with Gasteiger partial charge in [0.1, 0.15) is 4.90 Å². The monoisotopic (exact) mass is 266 g/mol. The molecule has 1 aromatic heterocycles. The Morgan fingerprint density at radius 3 is 2.67 bits per heavy atom. The van der Waals surface area contributed by atoms with E-state index in [0.29, 0.717) is 10.8 Å². The van der Waals surface area contributed by atoms with Gasteiger partial charge < -0.3 is 5.32 Å². The van der Waals surface area contributed by atoms with Gasteiger partial charge in [0.15, 0.2) is 0 Å². The molecular weight excluding hydrogens is 256 g/mol. The van der Waals surface area contributed by atoms with E-state index in [4.69, 9.17) is 0 Å². The number of aromatic nitrogens is 1. The van der Waals surface area contributed by atoms with Gasteiger partial charge in [0, 0.05) is 30.1 Å². The van der Waals surface area contributed by atoms with Crippen LogP contribution in [0.4, 0.5) is 5.69 Å². The van der Waals surface area contributed by atoms with E-state index >= 15 is 0 Å². The number of fused-ring (bicyclic) bond motifs is 1. The third-order valence-electron chi connectivity index (χ3n) is 2.34. The van der Waals surface area contributed by atoms with E-state index in [1.165, 1.54) is 31.5 Å². The van der Waals surface area contributed by atoms with Crippen LogP contribution in [-0.4, -0.2) is 23.9 Å². The van der Waals surface area contributed by atoms with Crippen LogP contribution in [0, 0.1) is 0 Å². The normalized spacial score (nSPS) is 11.4. The standard InChI is InChI=1S/C11H10N2O4S/c1-7(14)13-10-3-2-8-6-12-5-4-9(8)11(10)18(15,16)17/h2-6H,1H3,(H,13,14)(H,15,16,17). The molecule has 0 fully saturated rings. The first-order valence-corrected chi connectivity index (χ1v) is 6.45. The van der Waals surface area contributed by atoms with Gasteiger partial charge in [0.25, 0.3) is 10.1 Å². The average Bonchev–Trinajstić information content (AvgIpc) is 2.26. The van der Waals surface area contributed by atoms with Gasteiger partial charge in [-0.2, -0.15) is 8.42 Å². The molecule has 0 aliphatic rings.